The van der Waals surface area contributed by atoms with Crippen LogP contribution in [0.2, 0.25) is 5.15 Å². The summed E-state index contributed by atoms with van der Waals surface area (Å²) in [5.41, 5.74) is 0.376. The Balaban J connectivity index is 2.02. The number of nitrogens with one attached hydrogen (secondary N) is 1. The number of rotatable bonds is 6. The molecule has 1 aliphatic rings. The van der Waals surface area contributed by atoms with Gasteiger partial charge in [0.05, 0.1) is 24.0 Å². The fraction of sp³-hybridized carbons (Fsp3) is 0.478. The highest BCUT2D eigenvalue weighted by Gasteiger charge is 2.37. The number of amides is 3. The van der Waals surface area contributed by atoms with E-state index in [0.29, 0.717) is 12.0 Å². The Morgan fingerprint density at radius 1 is 1.24 bits per heavy atom. The van der Waals surface area contributed by atoms with E-state index in [-0.39, 0.29) is 41.9 Å². The minimum atomic E-state index is -2.94. The SMILES string of the molecule is [2H]C([2H])([2H])NC(=O)c1cc(-c2cc([C@@H]3CN(C(=O)OCCCC)C[C@@H](C)N3C(=O)C([2H])([2H])[2H])cc(Cl)n2)ncn1. The van der Waals surface area contributed by atoms with E-state index in [1.807, 2.05) is 12.2 Å². The molecule has 1 saturated heterocycles. The number of hydrogen-bond donors (Lipinski definition) is 1. The van der Waals surface area contributed by atoms with Crippen LogP contribution < -0.4 is 5.32 Å². The van der Waals surface area contributed by atoms with Crippen LogP contribution in [-0.2, 0) is 9.53 Å². The standard InChI is InChI=1S/C23H29ClN6O4/c1-5-6-7-34-23(33)29-11-14(2)30(15(3)31)20(12-29)16-8-18(28-21(24)9-16)17-10-19(22(32)25-4)27-13-26-17/h8-10,13-14,20H,5-7,11-12H2,1-4H3,(H,25,32)/t14-,20+/m1/s1/i3D3,4D3. The van der Waals surface area contributed by atoms with Crippen LogP contribution in [0.15, 0.2) is 24.5 Å². The van der Waals surface area contributed by atoms with Gasteiger partial charge in [-0.25, -0.2) is 19.7 Å². The van der Waals surface area contributed by atoms with Gasteiger partial charge >= 0.3 is 6.09 Å². The van der Waals surface area contributed by atoms with Crippen molar-refractivity contribution in [2.24, 2.45) is 0 Å². The zero-order valence-corrected chi connectivity index (χ0v) is 19.5. The Morgan fingerprint density at radius 3 is 2.79 bits per heavy atom. The Kier molecular flexibility index (Phi) is 5.98. The summed E-state index contributed by atoms with van der Waals surface area (Å²) in [6, 6.07) is 2.54. The predicted octanol–water partition coefficient (Wildman–Crippen LogP) is 3.08. The molecule has 0 saturated carbocycles. The van der Waals surface area contributed by atoms with Crippen molar-refractivity contribution in [1.29, 1.82) is 0 Å². The quantitative estimate of drug-likeness (QED) is 0.484. The molecular formula is C23H29ClN6O4. The third-order valence-electron chi connectivity index (χ3n) is 5.38. The second kappa shape index (κ2) is 11.2. The molecule has 0 unspecified atom stereocenters. The fourth-order valence-electron chi connectivity index (χ4n) is 3.76. The lowest BCUT2D eigenvalue weighted by Crippen LogP contribution is -2.56. The van der Waals surface area contributed by atoms with Crippen LogP contribution in [0.5, 0.6) is 0 Å². The maximum Gasteiger partial charge on any atom is 0.409 e. The van der Waals surface area contributed by atoms with Crippen LogP contribution in [0, 0.1) is 0 Å². The number of unbranched alkanes of at least 4 members (excludes halogenated alkanes) is 1. The summed E-state index contributed by atoms with van der Waals surface area (Å²) in [7, 11) is 0. The van der Waals surface area contributed by atoms with Gasteiger partial charge < -0.3 is 19.9 Å². The maximum absolute atomic E-state index is 13.0. The predicted molar refractivity (Wildman–Crippen MR) is 126 cm³/mol. The summed E-state index contributed by atoms with van der Waals surface area (Å²) < 4.78 is 50.2. The Morgan fingerprint density at radius 2 is 2.06 bits per heavy atom. The minimum absolute atomic E-state index is 0.0313. The van der Waals surface area contributed by atoms with Gasteiger partial charge in [-0.2, -0.15) is 0 Å². The zero-order valence-electron chi connectivity index (χ0n) is 24.7. The number of halogens is 1. The average molecular weight is 495 g/mol. The van der Waals surface area contributed by atoms with Crippen molar-refractivity contribution in [3.8, 4) is 11.4 Å². The fourth-order valence-corrected chi connectivity index (χ4v) is 3.98. The van der Waals surface area contributed by atoms with Gasteiger partial charge in [-0.1, -0.05) is 24.9 Å². The summed E-state index contributed by atoms with van der Waals surface area (Å²) in [6.45, 7) is -1.88. The van der Waals surface area contributed by atoms with Crippen molar-refractivity contribution in [3.63, 3.8) is 0 Å². The van der Waals surface area contributed by atoms with E-state index in [4.69, 9.17) is 24.6 Å². The van der Waals surface area contributed by atoms with Gasteiger partial charge in [0, 0.05) is 41.2 Å². The summed E-state index contributed by atoms with van der Waals surface area (Å²) >= 11 is 6.32. The molecule has 0 bridgehead atoms. The Labute approximate surface area is 212 Å². The first kappa shape index (κ1) is 18.1. The smallest absolute Gasteiger partial charge is 0.409 e. The molecule has 0 spiro atoms. The normalized spacial score (nSPS) is 21.3. The first-order chi connectivity index (χ1) is 18.6. The molecule has 1 fully saturated rings. The second-order valence-electron chi connectivity index (χ2n) is 7.80. The van der Waals surface area contributed by atoms with Gasteiger partial charge in [-0.3, -0.25) is 9.59 Å². The summed E-state index contributed by atoms with van der Waals surface area (Å²) in [5.74, 6) is -2.05. The van der Waals surface area contributed by atoms with E-state index < -0.39 is 43.8 Å². The number of nitrogens with zero attached hydrogens (tertiary/aromatic N) is 5. The van der Waals surface area contributed by atoms with Crippen molar-refractivity contribution in [2.45, 2.75) is 45.6 Å². The molecule has 10 nitrogen and oxygen atoms in total. The molecule has 0 aliphatic carbocycles. The number of pyridine rings is 1. The van der Waals surface area contributed by atoms with Crippen molar-refractivity contribution in [1.82, 2.24) is 30.1 Å². The van der Waals surface area contributed by atoms with Crippen LogP contribution in [0.4, 0.5) is 4.79 Å². The van der Waals surface area contributed by atoms with E-state index in [1.165, 1.54) is 28.0 Å². The van der Waals surface area contributed by atoms with Crippen LogP contribution in [0.25, 0.3) is 11.4 Å². The first-order valence-electron chi connectivity index (χ1n) is 13.7. The molecule has 11 heteroatoms. The van der Waals surface area contributed by atoms with Gasteiger partial charge in [0.25, 0.3) is 5.91 Å². The third kappa shape index (κ3) is 5.80. The molecule has 1 N–H and O–H groups in total. The minimum Gasteiger partial charge on any atom is -0.449 e. The molecule has 3 heterocycles. The van der Waals surface area contributed by atoms with Gasteiger partial charge in [0.15, 0.2) is 0 Å². The van der Waals surface area contributed by atoms with E-state index in [1.54, 1.807) is 6.92 Å². The van der Waals surface area contributed by atoms with Crippen molar-refractivity contribution >= 4 is 29.5 Å². The van der Waals surface area contributed by atoms with Gasteiger partial charge in [0.1, 0.15) is 17.2 Å². The van der Waals surface area contributed by atoms with Gasteiger partial charge in [0.2, 0.25) is 5.91 Å². The molecule has 0 radical (unpaired) electrons. The number of hydrogen-bond acceptors (Lipinski definition) is 7. The Bertz CT molecular complexity index is 1260. The average Bonchev–Trinajstić information content (AvgIpc) is 2.86. The molecule has 2 aromatic heterocycles. The van der Waals surface area contributed by atoms with E-state index in [9.17, 15) is 14.4 Å². The molecule has 34 heavy (non-hydrogen) atoms. The molecule has 3 rings (SSSR count). The highest BCUT2D eigenvalue weighted by Crippen LogP contribution is 2.32. The van der Waals surface area contributed by atoms with Crippen LogP contribution in [0.1, 0.15) is 63.9 Å². The lowest BCUT2D eigenvalue weighted by Gasteiger charge is -2.45. The van der Waals surface area contributed by atoms with Crippen molar-refractivity contribution in [3.05, 3.63) is 40.9 Å². The molecule has 2 atom stereocenters. The zero-order chi connectivity index (χ0) is 29.8. The molecular weight excluding hydrogens is 460 g/mol. The monoisotopic (exact) mass is 494 g/mol. The van der Waals surface area contributed by atoms with Crippen molar-refractivity contribution < 1.29 is 27.3 Å². The molecule has 182 valence electrons. The first-order valence-corrected chi connectivity index (χ1v) is 11.1. The number of ether oxygens (including phenoxy) is 1. The van der Waals surface area contributed by atoms with Gasteiger partial charge in [-0.15, -0.1) is 0 Å². The number of aromatic nitrogens is 3. The molecule has 0 aromatic carbocycles. The van der Waals surface area contributed by atoms with Gasteiger partial charge in [-0.05, 0) is 37.1 Å². The maximum atomic E-state index is 13.0. The van der Waals surface area contributed by atoms with E-state index >= 15 is 0 Å². The van der Waals surface area contributed by atoms with Crippen LogP contribution >= 0.6 is 11.6 Å². The molecule has 1 aliphatic heterocycles. The second-order valence-corrected chi connectivity index (χ2v) is 8.19. The molecule has 3 amide bonds. The number of piperazine rings is 1. The largest absolute Gasteiger partial charge is 0.449 e. The summed E-state index contributed by atoms with van der Waals surface area (Å²) in [5, 5.41) is 1.81. The summed E-state index contributed by atoms with van der Waals surface area (Å²) in [6.07, 6.45) is 1.96. The highest BCUT2D eigenvalue weighted by atomic mass is 35.5. The lowest BCUT2D eigenvalue weighted by atomic mass is 9.99. The third-order valence-corrected chi connectivity index (χ3v) is 5.58. The molecule has 2 aromatic rings. The lowest BCUT2D eigenvalue weighted by molar-refractivity contribution is -0.137. The topological polar surface area (TPSA) is 118 Å². The van der Waals surface area contributed by atoms with E-state index in [0.717, 1.165) is 12.7 Å². The van der Waals surface area contributed by atoms with Crippen molar-refractivity contribution in [2.75, 3.05) is 26.7 Å². The van der Waals surface area contributed by atoms with E-state index in [2.05, 4.69) is 15.0 Å². The van der Waals surface area contributed by atoms with Crippen LogP contribution in [0.3, 0.4) is 0 Å². The number of carbonyl (C=O) groups is 3. The summed E-state index contributed by atoms with van der Waals surface area (Å²) in [4.78, 5) is 52.9. The number of carbonyl (C=O) groups excluding carboxylic acids is 3. The highest BCUT2D eigenvalue weighted by molar-refractivity contribution is 6.29. The van der Waals surface area contributed by atoms with Crippen LogP contribution in [-0.4, -0.2) is 75.4 Å². The Hall–Kier alpha value is -3.27.